The summed E-state index contributed by atoms with van der Waals surface area (Å²) >= 11 is 0. The monoisotopic (exact) mass is 255 g/mol. The lowest BCUT2D eigenvalue weighted by Gasteiger charge is -2.37. The Morgan fingerprint density at radius 2 is 2.11 bits per heavy atom. The standard InChI is InChI=1S/C13H25N3O2/c1-10-5-12(14)8-15(6-10)9-13(17)16-3-4-18-11(2)7-16/h10-12H,3-9,14H2,1-2H3. The first kappa shape index (κ1) is 13.8. The van der Waals surface area contributed by atoms with Gasteiger partial charge in [0.2, 0.25) is 5.91 Å². The number of ether oxygens (including phenoxy) is 1. The van der Waals surface area contributed by atoms with Gasteiger partial charge in [-0.05, 0) is 19.3 Å². The van der Waals surface area contributed by atoms with E-state index in [4.69, 9.17) is 10.5 Å². The van der Waals surface area contributed by atoms with Crippen molar-refractivity contribution in [3.8, 4) is 0 Å². The Labute approximate surface area is 109 Å². The first-order valence-corrected chi connectivity index (χ1v) is 6.92. The number of piperidine rings is 1. The Morgan fingerprint density at radius 1 is 1.33 bits per heavy atom. The minimum Gasteiger partial charge on any atom is -0.375 e. The highest BCUT2D eigenvalue weighted by atomic mass is 16.5. The van der Waals surface area contributed by atoms with Crippen LogP contribution in [0.5, 0.6) is 0 Å². The molecule has 0 aliphatic carbocycles. The quantitative estimate of drug-likeness (QED) is 0.749. The van der Waals surface area contributed by atoms with Gasteiger partial charge in [-0.2, -0.15) is 0 Å². The smallest absolute Gasteiger partial charge is 0.236 e. The fourth-order valence-electron chi connectivity index (χ4n) is 2.98. The highest BCUT2D eigenvalue weighted by Gasteiger charge is 2.27. The normalized spacial score (nSPS) is 34.6. The molecule has 2 fully saturated rings. The van der Waals surface area contributed by atoms with E-state index in [0.29, 0.717) is 25.6 Å². The molecular weight excluding hydrogens is 230 g/mol. The van der Waals surface area contributed by atoms with Crippen molar-refractivity contribution >= 4 is 5.91 Å². The van der Waals surface area contributed by atoms with Crippen molar-refractivity contribution in [2.45, 2.75) is 32.4 Å². The summed E-state index contributed by atoms with van der Waals surface area (Å²) in [5, 5.41) is 0. The number of hydrogen-bond acceptors (Lipinski definition) is 4. The largest absolute Gasteiger partial charge is 0.375 e. The third-order valence-electron chi connectivity index (χ3n) is 3.72. The van der Waals surface area contributed by atoms with Crippen LogP contribution in [0, 0.1) is 5.92 Å². The van der Waals surface area contributed by atoms with Gasteiger partial charge in [0.1, 0.15) is 0 Å². The zero-order valence-electron chi connectivity index (χ0n) is 11.5. The number of carbonyl (C=O) groups is 1. The molecule has 18 heavy (non-hydrogen) atoms. The van der Waals surface area contributed by atoms with Gasteiger partial charge < -0.3 is 15.4 Å². The maximum absolute atomic E-state index is 12.2. The van der Waals surface area contributed by atoms with Crippen molar-refractivity contribution < 1.29 is 9.53 Å². The van der Waals surface area contributed by atoms with Crippen LogP contribution in [0.25, 0.3) is 0 Å². The summed E-state index contributed by atoms with van der Waals surface area (Å²) in [7, 11) is 0. The van der Waals surface area contributed by atoms with Crippen LogP contribution in [0.1, 0.15) is 20.3 Å². The van der Waals surface area contributed by atoms with Crippen LogP contribution < -0.4 is 5.73 Å². The second kappa shape index (κ2) is 5.99. The molecule has 0 saturated carbocycles. The average molecular weight is 255 g/mol. The summed E-state index contributed by atoms with van der Waals surface area (Å²) in [6.07, 6.45) is 1.23. The zero-order valence-corrected chi connectivity index (χ0v) is 11.5. The number of carbonyl (C=O) groups excluding carboxylic acids is 1. The summed E-state index contributed by atoms with van der Waals surface area (Å²) in [5.41, 5.74) is 6.01. The molecule has 0 spiro atoms. The molecule has 0 aromatic carbocycles. The van der Waals surface area contributed by atoms with Gasteiger partial charge in [-0.1, -0.05) is 6.92 Å². The van der Waals surface area contributed by atoms with Crippen LogP contribution >= 0.6 is 0 Å². The van der Waals surface area contributed by atoms with Gasteiger partial charge >= 0.3 is 0 Å². The van der Waals surface area contributed by atoms with E-state index in [2.05, 4.69) is 11.8 Å². The number of amides is 1. The van der Waals surface area contributed by atoms with Crippen LogP contribution in [-0.2, 0) is 9.53 Å². The molecular formula is C13H25N3O2. The summed E-state index contributed by atoms with van der Waals surface area (Å²) in [6.45, 7) is 8.64. The summed E-state index contributed by atoms with van der Waals surface area (Å²) in [4.78, 5) is 16.3. The van der Waals surface area contributed by atoms with Gasteiger partial charge in [-0.15, -0.1) is 0 Å². The molecule has 3 unspecified atom stereocenters. The van der Waals surface area contributed by atoms with Crippen LogP contribution in [0.3, 0.4) is 0 Å². The fraction of sp³-hybridized carbons (Fsp3) is 0.923. The van der Waals surface area contributed by atoms with Crippen LogP contribution in [0.4, 0.5) is 0 Å². The number of likely N-dealkylation sites (tertiary alicyclic amines) is 1. The second-order valence-electron chi connectivity index (χ2n) is 5.82. The number of nitrogens with two attached hydrogens (primary N) is 1. The Hall–Kier alpha value is -0.650. The van der Waals surface area contributed by atoms with Gasteiger partial charge in [0.05, 0.1) is 19.3 Å². The van der Waals surface area contributed by atoms with E-state index >= 15 is 0 Å². The maximum Gasteiger partial charge on any atom is 0.236 e. The van der Waals surface area contributed by atoms with Crippen LogP contribution in [0.2, 0.25) is 0 Å². The molecule has 0 bridgehead atoms. The minimum absolute atomic E-state index is 0.158. The zero-order chi connectivity index (χ0) is 13.1. The Bertz CT molecular complexity index is 288. The van der Waals surface area contributed by atoms with E-state index in [0.717, 1.165) is 26.1 Å². The molecule has 2 aliphatic rings. The van der Waals surface area contributed by atoms with Gasteiger partial charge in [-0.3, -0.25) is 9.69 Å². The van der Waals surface area contributed by atoms with E-state index < -0.39 is 0 Å². The molecule has 2 heterocycles. The molecule has 104 valence electrons. The first-order chi connectivity index (χ1) is 8.54. The van der Waals surface area contributed by atoms with Gasteiger partial charge in [0, 0.05) is 32.2 Å². The van der Waals surface area contributed by atoms with Gasteiger partial charge in [0.15, 0.2) is 0 Å². The van der Waals surface area contributed by atoms with Crippen molar-refractivity contribution in [1.29, 1.82) is 0 Å². The van der Waals surface area contributed by atoms with Crippen molar-refractivity contribution in [3.63, 3.8) is 0 Å². The van der Waals surface area contributed by atoms with E-state index in [-0.39, 0.29) is 18.1 Å². The highest BCUT2D eigenvalue weighted by Crippen LogP contribution is 2.15. The van der Waals surface area contributed by atoms with Gasteiger partial charge in [0.25, 0.3) is 0 Å². The molecule has 1 amide bonds. The van der Waals surface area contributed by atoms with Crippen LogP contribution in [-0.4, -0.2) is 67.2 Å². The Morgan fingerprint density at radius 3 is 2.78 bits per heavy atom. The molecule has 0 aromatic heterocycles. The molecule has 2 aliphatic heterocycles. The predicted octanol–water partition coefficient (Wildman–Crippen LogP) is -0.0972. The molecule has 5 heteroatoms. The number of rotatable bonds is 2. The third kappa shape index (κ3) is 3.67. The number of morpholine rings is 1. The fourth-order valence-corrected chi connectivity index (χ4v) is 2.98. The molecule has 2 saturated heterocycles. The lowest BCUT2D eigenvalue weighted by atomic mass is 9.96. The molecule has 0 radical (unpaired) electrons. The van der Waals surface area contributed by atoms with Crippen LogP contribution in [0.15, 0.2) is 0 Å². The molecule has 0 aromatic rings. The maximum atomic E-state index is 12.2. The molecule has 3 atom stereocenters. The third-order valence-corrected chi connectivity index (χ3v) is 3.72. The molecule has 2 rings (SSSR count). The lowest BCUT2D eigenvalue weighted by Crippen LogP contribution is -2.52. The topological polar surface area (TPSA) is 58.8 Å². The predicted molar refractivity (Wildman–Crippen MR) is 70.2 cm³/mol. The Kier molecular flexibility index (Phi) is 4.59. The van der Waals surface area contributed by atoms with E-state index in [1.165, 1.54) is 0 Å². The minimum atomic E-state index is 0.158. The number of hydrogen-bond donors (Lipinski definition) is 1. The average Bonchev–Trinajstić information content (AvgIpc) is 2.27. The lowest BCUT2D eigenvalue weighted by molar-refractivity contribution is -0.139. The van der Waals surface area contributed by atoms with Gasteiger partial charge in [-0.25, -0.2) is 0 Å². The summed E-state index contributed by atoms with van der Waals surface area (Å²) in [6, 6.07) is 0.213. The van der Waals surface area contributed by atoms with E-state index in [9.17, 15) is 4.79 Å². The molecule has 5 nitrogen and oxygen atoms in total. The second-order valence-corrected chi connectivity index (χ2v) is 5.82. The van der Waals surface area contributed by atoms with Crippen molar-refractivity contribution in [1.82, 2.24) is 9.80 Å². The SMILES string of the molecule is CC1CC(N)CN(CC(=O)N2CCOC(C)C2)C1. The van der Waals surface area contributed by atoms with E-state index in [1.807, 2.05) is 11.8 Å². The van der Waals surface area contributed by atoms with Crippen molar-refractivity contribution in [3.05, 3.63) is 0 Å². The Balaban J connectivity index is 1.83. The van der Waals surface area contributed by atoms with Crippen molar-refractivity contribution in [2.24, 2.45) is 11.7 Å². The number of nitrogens with zero attached hydrogens (tertiary/aromatic N) is 2. The summed E-state index contributed by atoms with van der Waals surface area (Å²) < 4.78 is 5.45. The van der Waals surface area contributed by atoms with Crippen molar-refractivity contribution in [2.75, 3.05) is 39.3 Å². The summed E-state index contributed by atoms with van der Waals surface area (Å²) in [5.74, 6) is 0.802. The highest BCUT2D eigenvalue weighted by molar-refractivity contribution is 5.78. The van der Waals surface area contributed by atoms with E-state index in [1.54, 1.807) is 0 Å². The molecule has 2 N–H and O–H groups in total. The first-order valence-electron chi connectivity index (χ1n) is 6.92.